The number of halogens is 1. The van der Waals surface area contributed by atoms with Crippen molar-refractivity contribution in [2.24, 2.45) is 17.8 Å². The van der Waals surface area contributed by atoms with Gasteiger partial charge < -0.3 is 0 Å². The molecule has 1 heteroatoms. The first-order valence-corrected chi connectivity index (χ1v) is 7.30. The Bertz CT molecular complexity index is 424. The van der Waals surface area contributed by atoms with Crippen LogP contribution in [0.5, 0.6) is 0 Å². The molecule has 82 valence electrons. The Morgan fingerprint density at radius 1 is 1.06 bits per heavy atom. The molecule has 0 N–H and O–H groups in total. The molecule has 2 fully saturated rings. The minimum Gasteiger partial charge on any atom is -0.0931 e. The highest BCUT2D eigenvalue weighted by molar-refractivity contribution is 14.1. The van der Waals surface area contributed by atoms with Gasteiger partial charge in [0.2, 0.25) is 0 Å². The first-order chi connectivity index (χ1) is 7.84. The van der Waals surface area contributed by atoms with Gasteiger partial charge >= 0.3 is 0 Å². The van der Waals surface area contributed by atoms with Gasteiger partial charge in [-0.2, -0.15) is 0 Å². The van der Waals surface area contributed by atoms with Crippen LogP contribution in [0.1, 0.15) is 24.8 Å². The summed E-state index contributed by atoms with van der Waals surface area (Å²) in [5.41, 5.74) is 1.16. The average Bonchev–Trinajstić information content (AvgIpc) is 2.89. The fourth-order valence-electron chi connectivity index (χ4n) is 3.11. The molecule has 2 aliphatic rings. The predicted molar refractivity (Wildman–Crippen MR) is 75.4 cm³/mol. The normalized spacial score (nSPS) is 35.8. The summed E-state index contributed by atoms with van der Waals surface area (Å²) in [5.74, 6) is 9.37. The van der Waals surface area contributed by atoms with Crippen LogP contribution in [0.4, 0.5) is 0 Å². The molecule has 0 amide bonds. The summed E-state index contributed by atoms with van der Waals surface area (Å²) in [6.45, 7) is 0. The van der Waals surface area contributed by atoms with Crippen LogP contribution in [0, 0.1) is 29.6 Å². The van der Waals surface area contributed by atoms with Gasteiger partial charge in [0.1, 0.15) is 0 Å². The van der Waals surface area contributed by atoms with E-state index in [-0.39, 0.29) is 0 Å². The molecule has 16 heavy (non-hydrogen) atoms. The highest BCUT2D eigenvalue weighted by Gasteiger charge is 2.45. The van der Waals surface area contributed by atoms with Crippen molar-refractivity contribution < 1.29 is 0 Å². The first kappa shape index (κ1) is 10.7. The van der Waals surface area contributed by atoms with Gasteiger partial charge in [-0.3, -0.25) is 0 Å². The second kappa shape index (κ2) is 4.41. The average molecular weight is 322 g/mol. The number of benzene rings is 1. The second-order valence-electron chi connectivity index (χ2n) is 4.94. The SMILES string of the molecule is I[C@H]1[C@@H]2CC[C@@H](C2)[C@H]1C#Cc1ccccc1. The van der Waals surface area contributed by atoms with E-state index in [2.05, 4.69) is 58.7 Å². The predicted octanol–water partition coefficient (Wildman–Crippen LogP) is 3.89. The number of fused-ring (bicyclic) bond motifs is 2. The maximum absolute atomic E-state index is 3.52. The van der Waals surface area contributed by atoms with Gasteiger partial charge in [0, 0.05) is 15.4 Å². The smallest absolute Gasteiger partial charge is 0.0355 e. The fraction of sp³-hybridized carbons (Fsp3) is 0.467. The number of hydrogen-bond acceptors (Lipinski definition) is 0. The second-order valence-corrected chi connectivity index (χ2v) is 6.38. The largest absolute Gasteiger partial charge is 0.0931 e. The van der Waals surface area contributed by atoms with Crippen molar-refractivity contribution in [3.05, 3.63) is 35.9 Å². The highest BCUT2D eigenvalue weighted by atomic mass is 127. The van der Waals surface area contributed by atoms with Crippen LogP contribution in [0.3, 0.4) is 0 Å². The molecule has 0 aromatic heterocycles. The van der Waals surface area contributed by atoms with Gasteiger partial charge in [-0.05, 0) is 43.2 Å². The van der Waals surface area contributed by atoms with Crippen LogP contribution in [0.25, 0.3) is 0 Å². The summed E-state index contributed by atoms with van der Waals surface area (Å²) >= 11 is 2.63. The molecular weight excluding hydrogens is 307 g/mol. The fourth-order valence-corrected chi connectivity index (χ4v) is 4.53. The minimum absolute atomic E-state index is 0.652. The third-order valence-electron chi connectivity index (χ3n) is 3.97. The monoisotopic (exact) mass is 322 g/mol. The molecule has 0 saturated heterocycles. The molecule has 2 aliphatic carbocycles. The lowest BCUT2D eigenvalue weighted by atomic mass is 9.89. The zero-order chi connectivity index (χ0) is 11.0. The summed E-state index contributed by atoms with van der Waals surface area (Å²) in [5, 5.41) is 0. The maximum atomic E-state index is 3.52. The van der Waals surface area contributed by atoms with Gasteiger partial charge in [0.25, 0.3) is 0 Å². The van der Waals surface area contributed by atoms with E-state index in [4.69, 9.17) is 0 Å². The van der Waals surface area contributed by atoms with E-state index < -0.39 is 0 Å². The molecule has 0 aliphatic heterocycles. The number of rotatable bonds is 0. The third-order valence-corrected chi connectivity index (χ3v) is 5.76. The van der Waals surface area contributed by atoms with Gasteiger partial charge in [0.05, 0.1) is 0 Å². The molecule has 2 saturated carbocycles. The summed E-state index contributed by atoms with van der Waals surface area (Å²) in [6.07, 6.45) is 4.29. The van der Waals surface area contributed by atoms with E-state index >= 15 is 0 Å². The Kier molecular flexibility index (Phi) is 2.93. The molecule has 1 aromatic rings. The molecule has 0 spiro atoms. The lowest BCUT2D eigenvalue weighted by Gasteiger charge is -2.22. The highest BCUT2D eigenvalue weighted by Crippen LogP contribution is 2.51. The van der Waals surface area contributed by atoms with E-state index in [9.17, 15) is 0 Å². The molecule has 2 bridgehead atoms. The summed E-state index contributed by atoms with van der Waals surface area (Å²) < 4.78 is 0.799. The van der Waals surface area contributed by atoms with Crippen LogP contribution >= 0.6 is 22.6 Å². The van der Waals surface area contributed by atoms with Crippen LogP contribution in [0.2, 0.25) is 0 Å². The number of hydrogen-bond donors (Lipinski definition) is 0. The van der Waals surface area contributed by atoms with Crippen molar-refractivity contribution in [1.82, 2.24) is 0 Å². The molecule has 4 atom stereocenters. The van der Waals surface area contributed by atoms with Crippen molar-refractivity contribution in [2.45, 2.75) is 23.2 Å². The molecule has 1 aromatic carbocycles. The Balaban J connectivity index is 1.79. The molecule has 3 rings (SSSR count). The van der Waals surface area contributed by atoms with Crippen molar-refractivity contribution in [1.29, 1.82) is 0 Å². The van der Waals surface area contributed by atoms with Crippen LogP contribution < -0.4 is 0 Å². The molecule has 0 unspecified atom stereocenters. The molecule has 0 nitrogen and oxygen atoms in total. The summed E-state index contributed by atoms with van der Waals surface area (Å²) in [6, 6.07) is 10.4. The summed E-state index contributed by atoms with van der Waals surface area (Å²) in [7, 11) is 0. The molecule has 0 heterocycles. The van der Waals surface area contributed by atoms with E-state index in [1.54, 1.807) is 0 Å². The molecule has 0 radical (unpaired) electrons. The van der Waals surface area contributed by atoms with E-state index in [0.717, 1.165) is 21.3 Å². The Morgan fingerprint density at radius 2 is 1.81 bits per heavy atom. The Labute approximate surface area is 111 Å². The minimum atomic E-state index is 0.652. The van der Waals surface area contributed by atoms with Crippen molar-refractivity contribution in [3.8, 4) is 11.8 Å². The van der Waals surface area contributed by atoms with E-state index in [1.165, 1.54) is 19.3 Å². The van der Waals surface area contributed by atoms with E-state index in [1.807, 2.05) is 6.07 Å². The Hall–Kier alpha value is -0.490. The van der Waals surface area contributed by atoms with Crippen LogP contribution in [0.15, 0.2) is 30.3 Å². The zero-order valence-corrected chi connectivity index (χ0v) is 11.4. The topological polar surface area (TPSA) is 0 Å². The van der Waals surface area contributed by atoms with Crippen LogP contribution in [-0.2, 0) is 0 Å². The van der Waals surface area contributed by atoms with Crippen molar-refractivity contribution in [3.63, 3.8) is 0 Å². The van der Waals surface area contributed by atoms with Gasteiger partial charge in [-0.15, -0.1) is 0 Å². The Morgan fingerprint density at radius 3 is 2.50 bits per heavy atom. The molecular formula is C15H15I. The lowest BCUT2D eigenvalue weighted by Crippen LogP contribution is -2.20. The van der Waals surface area contributed by atoms with Crippen molar-refractivity contribution in [2.75, 3.05) is 0 Å². The van der Waals surface area contributed by atoms with E-state index in [0.29, 0.717) is 5.92 Å². The summed E-state index contributed by atoms with van der Waals surface area (Å²) in [4.78, 5) is 0. The maximum Gasteiger partial charge on any atom is 0.0355 e. The zero-order valence-electron chi connectivity index (χ0n) is 9.20. The number of alkyl halides is 1. The van der Waals surface area contributed by atoms with Gasteiger partial charge in [0.15, 0.2) is 0 Å². The third kappa shape index (κ3) is 1.88. The standard InChI is InChI=1S/C15H15I/c16-15-13-8-7-12(10-13)14(15)9-6-11-4-2-1-3-5-11/h1-5,12-15H,7-8,10H2/t12-,13+,14+,15-/m0/s1. The van der Waals surface area contributed by atoms with Crippen molar-refractivity contribution >= 4 is 22.6 Å². The van der Waals surface area contributed by atoms with Crippen LogP contribution in [-0.4, -0.2) is 3.92 Å². The lowest BCUT2D eigenvalue weighted by molar-refractivity contribution is 0.427. The van der Waals surface area contributed by atoms with Gasteiger partial charge in [-0.1, -0.05) is 52.6 Å². The van der Waals surface area contributed by atoms with Gasteiger partial charge in [-0.25, -0.2) is 0 Å². The quantitative estimate of drug-likeness (QED) is 0.386. The first-order valence-electron chi connectivity index (χ1n) is 6.05.